The normalized spacial score (nSPS) is 11.0. The van der Waals surface area contributed by atoms with Gasteiger partial charge >= 0.3 is 6.47 Å². The monoisotopic (exact) mass is 179 g/mol. The SMILES string of the molecule is CCCCS(=O)(=O)CO[C]=O. The van der Waals surface area contributed by atoms with Gasteiger partial charge in [0.1, 0.15) is 0 Å². The van der Waals surface area contributed by atoms with Gasteiger partial charge in [-0.05, 0) is 6.42 Å². The maximum atomic E-state index is 10.8. The van der Waals surface area contributed by atoms with Crippen molar-refractivity contribution in [2.75, 3.05) is 11.7 Å². The smallest absolute Gasteiger partial charge is 0.418 e. The van der Waals surface area contributed by atoms with Gasteiger partial charge in [0.05, 0.1) is 5.75 Å². The standard InChI is InChI=1S/C6H11O4S/c1-2-3-4-11(8,9)6-10-5-7/h2-4,6H2,1H3. The highest BCUT2D eigenvalue weighted by Gasteiger charge is 2.09. The second-order valence-corrected chi connectivity index (χ2v) is 4.28. The Morgan fingerprint density at radius 1 is 1.45 bits per heavy atom. The van der Waals surface area contributed by atoms with Crippen LogP contribution in [0.4, 0.5) is 0 Å². The molecule has 4 nitrogen and oxygen atoms in total. The van der Waals surface area contributed by atoms with Crippen LogP contribution in [-0.4, -0.2) is 26.6 Å². The van der Waals surface area contributed by atoms with Gasteiger partial charge in [-0.2, -0.15) is 0 Å². The van der Waals surface area contributed by atoms with Crippen molar-refractivity contribution in [3.8, 4) is 0 Å². The lowest BCUT2D eigenvalue weighted by Gasteiger charge is -1.99. The van der Waals surface area contributed by atoms with Crippen LogP contribution >= 0.6 is 0 Å². The van der Waals surface area contributed by atoms with Gasteiger partial charge in [-0.15, -0.1) is 0 Å². The van der Waals surface area contributed by atoms with E-state index in [9.17, 15) is 13.2 Å². The molecule has 0 aromatic rings. The zero-order valence-corrected chi connectivity index (χ0v) is 7.19. The van der Waals surface area contributed by atoms with Crippen LogP contribution < -0.4 is 0 Å². The van der Waals surface area contributed by atoms with E-state index in [-0.39, 0.29) is 5.75 Å². The summed E-state index contributed by atoms with van der Waals surface area (Å²) >= 11 is 0. The molecule has 1 radical (unpaired) electrons. The number of unbranched alkanes of at least 4 members (excludes halogenated alkanes) is 1. The zero-order valence-electron chi connectivity index (χ0n) is 6.37. The molecule has 0 unspecified atom stereocenters. The van der Waals surface area contributed by atoms with Gasteiger partial charge in [0.25, 0.3) is 0 Å². The molecule has 0 N–H and O–H groups in total. The average Bonchev–Trinajstić information content (AvgIpc) is 1.97. The molecule has 0 saturated heterocycles. The summed E-state index contributed by atoms with van der Waals surface area (Å²) in [4.78, 5) is 9.51. The Balaban J connectivity index is 3.71. The molecule has 65 valence electrons. The number of carbonyl (C=O) groups excluding carboxylic acids is 1. The summed E-state index contributed by atoms with van der Waals surface area (Å²) in [5.41, 5.74) is 0. The Morgan fingerprint density at radius 2 is 2.09 bits per heavy atom. The molecule has 5 heteroatoms. The van der Waals surface area contributed by atoms with Crippen molar-refractivity contribution in [2.45, 2.75) is 19.8 Å². The van der Waals surface area contributed by atoms with Crippen LogP contribution in [0.1, 0.15) is 19.8 Å². The van der Waals surface area contributed by atoms with E-state index >= 15 is 0 Å². The van der Waals surface area contributed by atoms with Crippen LogP contribution in [0.3, 0.4) is 0 Å². The number of sulfone groups is 1. The summed E-state index contributed by atoms with van der Waals surface area (Å²) in [6.45, 7) is 2.96. The first-order valence-corrected chi connectivity index (χ1v) is 5.14. The minimum Gasteiger partial charge on any atom is -0.441 e. The molecular formula is C6H11O4S. The molecule has 0 bridgehead atoms. The van der Waals surface area contributed by atoms with Crippen LogP contribution in [0.5, 0.6) is 0 Å². The zero-order chi connectivity index (χ0) is 8.74. The summed E-state index contributed by atoms with van der Waals surface area (Å²) < 4.78 is 25.7. The lowest BCUT2D eigenvalue weighted by molar-refractivity contribution is 0.326. The summed E-state index contributed by atoms with van der Waals surface area (Å²) in [5.74, 6) is -0.471. The molecule has 0 atom stereocenters. The molecule has 0 aliphatic carbocycles. The highest BCUT2D eigenvalue weighted by Crippen LogP contribution is 1.96. The number of rotatable bonds is 6. The van der Waals surface area contributed by atoms with Gasteiger partial charge < -0.3 is 4.74 Å². The quantitative estimate of drug-likeness (QED) is 0.586. The Labute approximate surface area is 66.5 Å². The predicted octanol–water partition coefficient (Wildman–Crippen LogP) is 0.243. The van der Waals surface area contributed by atoms with E-state index in [2.05, 4.69) is 4.74 Å². The van der Waals surface area contributed by atoms with Crippen LogP contribution in [-0.2, 0) is 19.4 Å². The first-order valence-electron chi connectivity index (χ1n) is 3.31. The van der Waals surface area contributed by atoms with Crippen LogP contribution in [0.25, 0.3) is 0 Å². The van der Waals surface area contributed by atoms with E-state index in [1.54, 1.807) is 0 Å². The maximum Gasteiger partial charge on any atom is 0.418 e. The Bertz CT molecular complexity index is 195. The third-order valence-corrected chi connectivity index (χ3v) is 2.49. The summed E-state index contributed by atoms with van der Waals surface area (Å²) in [7, 11) is -3.19. The van der Waals surface area contributed by atoms with Crippen molar-refractivity contribution in [2.24, 2.45) is 0 Å². The molecule has 0 heterocycles. The molecule has 0 aromatic carbocycles. The van der Waals surface area contributed by atoms with Crippen molar-refractivity contribution in [1.82, 2.24) is 0 Å². The largest absolute Gasteiger partial charge is 0.441 e. The fraction of sp³-hybridized carbons (Fsp3) is 0.833. The van der Waals surface area contributed by atoms with Crippen molar-refractivity contribution in [3.05, 3.63) is 0 Å². The van der Waals surface area contributed by atoms with E-state index in [4.69, 9.17) is 0 Å². The average molecular weight is 179 g/mol. The first-order chi connectivity index (χ1) is 5.12. The van der Waals surface area contributed by atoms with Crippen LogP contribution in [0.2, 0.25) is 0 Å². The minimum atomic E-state index is -3.19. The topological polar surface area (TPSA) is 60.4 Å². The number of ether oxygens (including phenoxy) is 1. The van der Waals surface area contributed by atoms with E-state index in [1.807, 2.05) is 6.92 Å². The summed E-state index contributed by atoms with van der Waals surface area (Å²) in [5, 5.41) is 0. The van der Waals surface area contributed by atoms with Crippen molar-refractivity contribution >= 4 is 16.3 Å². The highest BCUT2D eigenvalue weighted by molar-refractivity contribution is 7.91. The molecule has 0 fully saturated rings. The summed E-state index contributed by atoms with van der Waals surface area (Å²) in [6.07, 6.45) is 1.41. The Morgan fingerprint density at radius 3 is 2.55 bits per heavy atom. The maximum absolute atomic E-state index is 10.8. The molecule has 0 amide bonds. The third-order valence-electron chi connectivity index (χ3n) is 1.11. The van der Waals surface area contributed by atoms with Gasteiger partial charge in [0.2, 0.25) is 0 Å². The third kappa shape index (κ3) is 5.84. The van der Waals surface area contributed by atoms with Crippen molar-refractivity contribution in [3.63, 3.8) is 0 Å². The van der Waals surface area contributed by atoms with E-state index in [0.29, 0.717) is 6.42 Å². The van der Waals surface area contributed by atoms with E-state index in [1.165, 1.54) is 0 Å². The van der Waals surface area contributed by atoms with Crippen molar-refractivity contribution < 1.29 is 17.9 Å². The lowest BCUT2D eigenvalue weighted by Crippen LogP contribution is -2.12. The minimum absolute atomic E-state index is 0.0746. The van der Waals surface area contributed by atoms with Gasteiger partial charge in [-0.3, -0.25) is 0 Å². The molecule has 0 aliphatic rings. The predicted molar refractivity (Wildman–Crippen MR) is 40.3 cm³/mol. The number of hydrogen-bond donors (Lipinski definition) is 0. The molecule has 11 heavy (non-hydrogen) atoms. The van der Waals surface area contributed by atoms with Gasteiger partial charge in [0, 0.05) is 0 Å². The van der Waals surface area contributed by atoms with Gasteiger partial charge in [-0.1, -0.05) is 13.3 Å². The van der Waals surface area contributed by atoms with Gasteiger partial charge in [0.15, 0.2) is 15.8 Å². The van der Waals surface area contributed by atoms with Gasteiger partial charge in [-0.25, -0.2) is 13.2 Å². The second kappa shape index (κ2) is 5.12. The molecular weight excluding hydrogens is 168 g/mol. The molecule has 0 aromatic heterocycles. The van der Waals surface area contributed by atoms with Crippen LogP contribution in [0.15, 0.2) is 0 Å². The van der Waals surface area contributed by atoms with Crippen LogP contribution in [0, 0.1) is 0 Å². The van der Waals surface area contributed by atoms with E-state index in [0.717, 1.165) is 12.9 Å². The lowest BCUT2D eigenvalue weighted by atomic mass is 10.4. The fourth-order valence-corrected chi connectivity index (χ4v) is 1.61. The number of hydrogen-bond acceptors (Lipinski definition) is 4. The van der Waals surface area contributed by atoms with Crippen molar-refractivity contribution in [1.29, 1.82) is 0 Å². The molecule has 0 aliphatic heterocycles. The Hall–Kier alpha value is -0.580. The fourth-order valence-electron chi connectivity index (χ4n) is 0.537. The molecule has 0 spiro atoms. The summed E-state index contributed by atoms with van der Waals surface area (Å²) in [6, 6.07) is 0. The molecule has 0 saturated carbocycles. The highest BCUT2D eigenvalue weighted by atomic mass is 32.2. The second-order valence-electron chi connectivity index (χ2n) is 2.15. The molecule has 0 rings (SSSR count). The first kappa shape index (κ1) is 10.4. The Kier molecular flexibility index (Phi) is 4.85. The van der Waals surface area contributed by atoms with E-state index < -0.39 is 15.8 Å².